The van der Waals surface area contributed by atoms with E-state index in [0.717, 1.165) is 39.1 Å². The van der Waals surface area contributed by atoms with E-state index < -0.39 is 0 Å². The van der Waals surface area contributed by atoms with Gasteiger partial charge in [-0.15, -0.1) is 0 Å². The van der Waals surface area contributed by atoms with Crippen LogP contribution in [0.1, 0.15) is 32.1 Å². The first-order valence-corrected chi connectivity index (χ1v) is 6.77. The van der Waals surface area contributed by atoms with Crippen LogP contribution >= 0.6 is 0 Å². The number of nitrogens with two attached hydrogens (primary N) is 1. The molecule has 1 fully saturated rings. The number of nitrogens with zero attached hydrogens (tertiary/aromatic N) is 1. The van der Waals surface area contributed by atoms with Crippen LogP contribution in [-0.4, -0.2) is 57.5 Å². The van der Waals surface area contributed by atoms with Gasteiger partial charge >= 0.3 is 0 Å². The van der Waals surface area contributed by atoms with Gasteiger partial charge in [0.05, 0.1) is 12.7 Å². The van der Waals surface area contributed by atoms with Crippen molar-refractivity contribution >= 4 is 0 Å². The van der Waals surface area contributed by atoms with E-state index in [2.05, 4.69) is 4.90 Å². The van der Waals surface area contributed by atoms with Crippen LogP contribution in [0.15, 0.2) is 0 Å². The van der Waals surface area contributed by atoms with E-state index in [9.17, 15) is 0 Å². The second-order valence-corrected chi connectivity index (χ2v) is 4.85. The maximum absolute atomic E-state index is 5.61. The third-order valence-corrected chi connectivity index (χ3v) is 3.68. The van der Waals surface area contributed by atoms with Gasteiger partial charge in [-0.25, -0.2) is 0 Å². The van der Waals surface area contributed by atoms with Crippen LogP contribution in [-0.2, 0) is 9.47 Å². The molecule has 4 nitrogen and oxygen atoms in total. The highest BCUT2D eigenvalue weighted by atomic mass is 16.5. The Labute approximate surface area is 105 Å². The highest BCUT2D eigenvalue weighted by molar-refractivity contribution is 4.81. The molecule has 2 unspecified atom stereocenters. The smallest absolute Gasteiger partial charge is 0.0589 e. The van der Waals surface area contributed by atoms with Gasteiger partial charge in [0.1, 0.15) is 0 Å². The first-order valence-electron chi connectivity index (χ1n) is 6.77. The molecule has 1 rings (SSSR count). The molecule has 0 aliphatic heterocycles. The largest absolute Gasteiger partial charge is 0.383 e. The van der Waals surface area contributed by atoms with Crippen molar-refractivity contribution < 1.29 is 9.47 Å². The van der Waals surface area contributed by atoms with Crippen molar-refractivity contribution in [1.82, 2.24) is 4.90 Å². The molecule has 0 amide bonds. The summed E-state index contributed by atoms with van der Waals surface area (Å²) in [6, 6.07) is 0.649. The number of hydrogen-bond acceptors (Lipinski definition) is 4. The molecule has 1 saturated carbocycles. The van der Waals surface area contributed by atoms with E-state index >= 15 is 0 Å². The molecule has 1 aliphatic carbocycles. The standard InChI is InChI=1S/C13H28N2O2/c1-16-10-9-15(8-4-7-14)12-5-3-6-13(11-12)17-2/h12-13H,3-11,14H2,1-2H3. The van der Waals surface area contributed by atoms with Gasteiger partial charge in [0.25, 0.3) is 0 Å². The first-order chi connectivity index (χ1) is 8.31. The molecular weight excluding hydrogens is 216 g/mol. The van der Waals surface area contributed by atoms with Gasteiger partial charge in [0.15, 0.2) is 0 Å². The van der Waals surface area contributed by atoms with Gasteiger partial charge in [-0.05, 0) is 45.2 Å². The van der Waals surface area contributed by atoms with Crippen molar-refractivity contribution in [2.45, 2.75) is 44.2 Å². The summed E-state index contributed by atoms with van der Waals surface area (Å²) in [5.74, 6) is 0. The minimum atomic E-state index is 0.441. The molecule has 102 valence electrons. The fourth-order valence-corrected chi connectivity index (χ4v) is 2.65. The van der Waals surface area contributed by atoms with Gasteiger partial charge in [-0.2, -0.15) is 0 Å². The van der Waals surface area contributed by atoms with Crippen LogP contribution in [0.2, 0.25) is 0 Å². The molecule has 1 aliphatic rings. The summed E-state index contributed by atoms with van der Waals surface area (Å²) < 4.78 is 10.7. The summed E-state index contributed by atoms with van der Waals surface area (Å²) in [6.07, 6.45) is 6.44. The van der Waals surface area contributed by atoms with Crippen molar-refractivity contribution in [3.05, 3.63) is 0 Å². The van der Waals surface area contributed by atoms with Crippen LogP contribution in [0, 0.1) is 0 Å². The van der Waals surface area contributed by atoms with Crippen LogP contribution < -0.4 is 5.73 Å². The Kier molecular flexibility index (Phi) is 7.77. The predicted octanol–water partition coefficient (Wildman–Crippen LogP) is 1.24. The Balaban J connectivity index is 2.42. The van der Waals surface area contributed by atoms with Gasteiger partial charge in [0, 0.05) is 26.8 Å². The van der Waals surface area contributed by atoms with E-state index in [1.54, 1.807) is 7.11 Å². The molecule has 2 atom stereocenters. The van der Waals surface area contributed by atoms with Gasteiger partial charge in [0.2, 0.25) is 0 Å². The molecule has 0 bridgehead atoms. The summed E-state index contributed by atoms with van der Waals surface area (Å²) in [7, 11) is 3.59. The Morgan fingerprint density at radius 1 is 1.24 bits per heavy atom. The first kappa shape index (κ1) is 14.9. The highest BCUT2D eigenvalue weighted by Gasteiger charge is 2.26. The summed E-state index contributed by atoms with van der Waals surface area (Å²) in [5, 5.41) is 0. The van der Waals surface area contributed by atoms with E-state index in [-0.39, 0.29) is 0 Å². The second-order valence-electron chi connectivity index (χ2n) is 4.85. The molecule has 0 saturated heterocycles. The van der Waals surface area contributed by atoms with Crippen LogP contribution in [0.25, 0.3) is 0 Å². The average molecular weight is 244 g/mol. The Morgan fingerprint density at radius 2 is 2.06 bits per heavy atom. The molecule has 0 aromatic carbocycles. The fraction of sp³-hybridized carbons (Fsp3) is 1.00. The topological polar surface area (TPSA) is 47.7 Å². The van der Waals surface area contributed by atoms with Gasteiger partial charge < -0.3 is 15.2 Å². The molecule has 0 aromatic rings. The SMILES string of the molecule is COCCN(CCCN)C1CCCC(OC)C1. The van der Waals surface area contributed by atoms with Crippen molar-refractivity contribution in [1.29, 1.82) is 0 Å². The lowest BCUT2D eigenvalue weighted by atomic mass is 9.91. The van der Waals surface area contributed by atoms with Crippen molar-refractivity contribution in [2.75, 3.05) is 40.5 Å². The number of hydrogen-bond donors (Lipinski definition) is 1. The summed E-state index contributed by atoms with van der Waals surface area (Å²) in [6.45, 7) is 3.67. The lowest BCUT2D eigenvalue weighted by molar-refractivity contribution is 0.0205. The zero-order valence-electron chi connectivity index (χ0n) is 11.4. The molecule has 17 heavy (non-hydrogen) atoms. The lowest BCUT2D eigenvalue weighted by Gasteiger charge is -2.37. The third-order valence-electron chi connectivity index (χ3n) is 3.68. The van der Waals surface area contributed by atoms with Crippen LogP contribution in [0.5, 0.6) is 0 Å². The Hall–Kier alpha value is -0.160. The molecule has 4 heteroatoms. The third kappa shape index (κ3) is 5.34. The molecular formula is C13H28N2O2. The zero-order valence-corrected chi connectivity index (χ0v) is 11.4. The molecule has 2 N–H and O–H groups in total. The predicted molar refractivity (Wildman–Crippen MR) is 70.2 cm³/mol. The van der Waals surface area contributed by atoms with Crippen LogP contribution in [0.3, 0.4) is 0 Å². The number of methoxy groups -OCH3 is 2. The van der Waals surface area contributed by atoms with E-state index in [1.807, 2.05) is 7.11 Å². The monoisotopic (exact) mass is 244 g/mol. The maximum atomic E-state index is 5.61. The van der Waals surface area contributed by atoms with Crippen molar-refractivity contribution in [2.24, 2.45) is 5.73 Å². The summed E-state index contributed by atoms with van der Waals surface area (Å²) in [5.41, 5.74) is 5.61. The highest BCUT2D eigenvalue weighted by Crippen LogP contribution is 2.24. The van der Waals surface area contributed by atoms with Gasteiger partial charge in [-0.1, -0.05) is 0 Å². The molecule has 0 spiro atoms. The maximum Gasteiger partial charge on any atom is 0.0589 e. The van der Waals surface area contributed by atoms with Gasteiger partial charge in [-0.3, -0.25) is 4.90 Å². The van der Waals surface area contributed by atoms with E-state index in [0.29, 0.717) is 12.1 Å². The number of ether oxygens (including phenoxy) is 2. The molecule has 0 aromatic heterocycles. The molecule has 0 radical (unpaired) electrons. The minimum Gasteiger partial charge on any atom is -0.383 e. The molecule has 0 heterocycles. The second kappa shape index (κ2) is 8.86. The zero-order chi connectivity index (χ0) is 12.5. The Bertz CT molecular complexity index is 182. The van der Waals surface area contributed by atoms with E-state index in [4.69, 9.17) is 15.2 Å². The minimum absolute atomic E-state index is 0.441. The van der Waals surface area contributed by atoms with Crippen molar-refractivity contribution in [3.8, 4) is 0 Å². The average Bonchev–Trinajstić information content (AvgIpc) is 2.39. The van der Waals surface area contributed by atoms with Crippen LogP contribution in [0.4, 0.5) is 0 Å². The Morgan fingerprint density at radius 3 is 2.71 bits per heavy atom. The normalized spacial score (nSPS) is 25.4. The quantitative estimate of drug-likeness (QED) is 0.698. The van der Waals surface area contributed by atoms with Crippen molar-refractivity contribution in [3.63, 3.8) is 0 Å². The summed E-state index contributed by atoms with van der Waals surface area (Å²) in [4.78, 5) is 2.53. The number of rotatable bonds is 8. The summed E-state index contributed by atoms with van der Waals surface area (Å²) >= 11 is 0. The fourth-order valence-electron chi connectivity index (χ4n) is 2.65. The van der Waals surface area contributed by atoms with E-state index in [1.165, 1.54) is 19.3 Å². The lowest BCUT2D eigenvalue weighted by Crippen LogP contribution is -2.43.